The summed E-state index contributed by atoms with van der Waals surface area (Å²) in [5.41, 5.74) is 0.759. The van der Waals surface area contributed by atoms with Crippen LogP contribution in [0.15, 0.2) is 77.7 Å². The molecular weight excluding hydrogens is 428 g/mol. The van der Waals surface area contributed by atoms with E-state index in [9.17, 15) is 9.90 Å². The summed E-state index contributed by atoms with van der Waals surface area (Å²) in [5, 5.41) is 11.2. The third-order valence-corrected chi connectivity index (χ3v) is 5.80. The van der Waals surface area contributed by atoms with Gasteiger partial charge in [-0.15, -0.1) is 0 Å². The van der Waals surface area contributed by atoms with E-state index in [4.69, 9.17) is 26.4 Å². The number of H-pyrrole nitrogens is 1. The number of nitrogens with one attached hydrogen (secondary N) is 1. The number of hydrogen-bond donors (Lipinski definition) is 2. The van der Waals surface area contributed by atoms with Crippen molar-refractivity contribution in [2.24, 2.45) is 0 Å². The predicted molar refractivity (Wildman–Crippen MR) is 122 cm³/mol. The number of benzene rings is 2. The second-order valence-corrected chi connectivity index (χ2v) is 8.41. The Hall–Kier alpha value is -2.62. The van der Waals surface area contributed by atoms with Crippen LogP contribution < -0.4 is 5.56 Å². The first-order chi connectivity index (χ1) is 15.5. The van der Waals surface area contributed by atoms with E-state index >= 15 is 0 Å². The van der Waals surface area contributed by atoms with Crippen LogP contribution in [0.1, 0.15) is 24.3 Å². The average Bonchev–Trinajstić information content (AvgIpc) is 3.03. The molecule has 0 bridgehead atoms. The Morgan fingerprint density at radius 2 is 1.69 bits per heavy atom. The molecule has 1 fully saturated rings. The fourth-order valence-electron chi connectivity index (χ4n) is 3.87. The molecule has 2 heterocycles. The van der Waals surface area contributed by atoms with Crippen molar-refractivity contribution in [1.29, 1.82) is 0 Å². The minimum atomic E-state index is -1.03. The van der Waals surface area contributed by atoms with Crippen LogP contribution in [0.2, 0.25) is 0 Å². The first-order valence-corrected chi connectivity index (χ1v) is 10.8. The van der Waals surface area contributed by atoms with Gasteiger partial charge in [0.1, 0.15) is 17.8 Å². The van der Waals surface area contributed by atoms with Gasteiger partial charge in [-0.1, -0.05) is 60.7 Å². The van der Waals surface area contributed by atoms with E-state index < -0.39 is 24.0 Å². The lowest BCUT2D eigenvalue weighted by Gasteiger charge is -2.30. The van der Waals surface area contributed by atoms with Crippen molar-refractivity contribution in [3.8, 4) is 0 Å². The highest BCUT2D eigenvalue weighted by molar-refractivity contribution is 7.71. The molecule has 4 rings (SSSR count). The van der Waals surface area contributed by atoms with Gasteiger partial charge in [-0.2, -0.15) is 0 Å². The summed E-state index contributed by atoms with van der Waals surface area (Å²) in [6.45, 7) is 2.77. The standard InChI is InChI=1S/C24H26N2O5S/c1-24(16-29-14-17-8-4-2-5-9-17)21(30-15-18-10-6-3-7-11-18)20(28)22(31-24)26-13-12-19(27)25-23(26)32/h2-13,20-22,28H,14-16H2,1H3,(H,25,27,32)/t20?,21?,22-,24-/m1/s1. The minimum absolute atomic E-state index is 0.165. The lowest BCUT2D eigenvalue weighted by Crippen LogP contribution is -2.46. The minimum Gasteiger partial charge on any atom is -0.386 e. The highest BCUT2D eigenvalue weighted by Gasteiger charge is 2.53. The van der Waals surface area contributed by atoms with Gasteiger partial charge in [0.25, 0.3) is 5.56 Å². The first kappa shape index (κ1) is 22.6. The SMILES string of the molecule is C[C@]1(COCc2ccccc2)O[C@@H](n2ccc(=O)[nH]c2=S)C(O)C1OCc1ccccc1. The predicted octanol–water partition coefficient (Wildman–Crippen LogP) is 3.36. The summed E-state index contributed by atoms with van der Waals surface area (Å²) < 4.78 is 20.1. The zero-order valence-corrected chi connectivity index (χ0v) is 18.5. The van der Waals surface area contributed by atoms with Crippen LogP contribution in [0, 0.1) is 4.77 Å². The summed E-state index contributed by atoms with van der Waals surface area (Å²) in [7, 11) is 0. The summed E-state index contributed by atoms with van der Waals surface area (Å²) in [6, 6.07) is 20.9. The molecule has 2 unspecified atom stereocenters. The second-order valence-electron chi connectivity index (χ2n) is 8.02. The van der Waals surface area contributed by atoms with E-state index in [1.807, 2.05) is 67.6 Å². The fraction of sp³-hybridized carbons (Fsp3) is 0.333. The molecule has 1 aliphatic rings. The van der Waals surface area contributed by atoms with Crippen molar-refractivity contribution in [3.05, 3.63) is 99.2 Å². The van der Waals surface area contributed by atoms with Gasteiger partial charge in [0.15, 0.2) is 11.0 Å². The number of ether oxygens (including phenoxy) is 3. The quantitative estimate of drug-likeness (QED) is 0.508. The van der Waals surface area contributed by atoms with Gasteiger partial charge in [0, 0.05) is 12.3 Å². The monoisotopic (exact) mass is 454 g/mol. The van der Waals surface area contributed by atoms with Crippen LogP contribution in [0.3, 0.4) is 0 Å². The number of hydrogen-bond acceptors (Lipinski definition) is 6. The van der Waals surface area contributed by atoms with Gasteiger partial charge in [0.2, 0.25) is 0 Å². The Kier molecular flexibility index (Phi) is 6.98. The number of aliphatic hydroxyl groups is 1. The van der Waals surface area contributed by atoms with Crippen molar-refractivity contribution < 1.29 is 19.3 Å². The molecule has 8 heteroatoms. The van der Waals surface area contributed by atoms with Crippen LogP contribution in [0.25, 0.3) is 0 Å². The zero-order valence-electron chi connectivity index (χ0n) is 17.7. The molecule has 2 aromatic carbocycles. The van der Waals surface area contributed by atoms with Gasteiger partial charge in [-0.25, -0.2) is 0 Å². The van der Waals surface area contributed by atoms with Crippen LogP contribution in [-0.2, 0) is 27.4 Å². The van der Waals surface area contributed by atoms with E-state index in [0.29, 0.717) is 13.2 Å². The van der Waals surface area contributed by atoms with Crippen molar-refractivity contribution >= 4 is 12.2 Å². The molecule has 0 saturated carbocycles. The molecule has 2 N–H and O–H groups in total. The number of aromatic nitrogens is 2. The summed E-state index contributed by atoms with van der Waals surface area (Å²) in [4.78, 5) is 14.1. The molecule has 1 saturated heterocycles. The summed E-state index contributed by atoms with van der Waals surface area (Å²) >= 11 is 5.28. The second kappa shape index (κ2) is 9.89. The van der Waals surface area contributed by atoms with Gasteiger partial charge >= 0.3 is 0 Å². The maximum Gasteiger partial charge on any atom is 0.251 e. The average molecular weight is 455 g/mol. The van der Waals surface area contributed by atoms with Gasteiger partial charge < -0.3 is 19.3 Å². The zero-order chi connectivity index (χ0) is 22.6. The van der Waals surface area contributed by atoms with Crippen molar-refractivity contribution in [2.45, 2.75) is 44.2 Å². The summed E-state index contributed by atoms with van der Waals surface area (Å²) in [6.07, 6.45) is -1.02. The number of rotatable bonds is 8. The van der Waals surface area contributed by atoms with Crippen LogP contribution >= 0.6 is 12.2 Å². The molecule has 0 spiro atoms. The summed E-state index contributed by atoms with van der Waals surface area (Å²) in [5.74, 6) is 0. The highest BCUT2D eigenvalue weighted by Crippen LogP contribution is 2.39. The van der Waals surface area contributed by atoms with Gasteiger partial charge in [-0.3, -0.25) is 14.3 Å². The Morgan fingerprint density at radius 3 is 2.31 bits per heavy atom. The smallest absolute Gasteiger partial charge is 0.251 e. The maximum absolute atomic E-state index is 11.6. The number of aliphatic hydroxyl groups excluding tert-OH is 1. The molecule has 0 amide bonds. The molecule has 0 radical (unpaired) electrons. The highest BCUT2D eigenvalue weighted by atomic mass is 32.1. The molecule has 168 valence electrons. The third-order valence-electron chi connectivity index (χ3n) is 5.49. The molecule has 3 aromatic rings. The molecule has 0 aliphatic carbocycles. The van der Waals surface area contributed by atoms with Crippen molar-refractivity contribution in [3.63, 3.8) is 0 Å². The molecule has 1 aromatic heterocycles. The van der Waals surface area contributed by atoms with E-state index in [-0.39, 0.29) is 16.9 Å². The molecule has 32 heavy (non-hydrogen) atoms. The van der Waals surface area contributed by atoms with E-state index in [1.54, 1.807) is 0 Å². The van der Waals surface area contributed by atoms with Crippen molar-refractivity contribution in [2.75, 3.05) is 6.61 Å². The lowest BCUT2D eigenvalue weighted by atomic mass is 9.98. The van der Waals surface area contributed by atoms with Crippen LogP contribution in [-0.4, -0.2) is 39.1 Å². The van der Waals surface area contributed by atoms with E-state index in [0.717, 1.165) is 11.1 Å². The molecule has 1 aliphatic heterocycles. The normalized spacial score (nSPS) is 25.1. The van der Waals surface area contributed by atoms with Crippen LogP contribution in [0.4, 0.5) is 0 Å². The van der Waals surface area contributed by atoms with Gasteiger partial charge in [0.05, 0.1) is 19.8 Å². The maximum atomic E-state index is 11.6. The number of nitrogens with zero attached hydrogens (tertiary/aromatic N) is 1. The molecular formula is C24H26N2O5S. The Bertz CT molecular complexity index is 1130. The fourth-order valence-corrected chi connectivity index (χ4v) is 4.13. The third kappa shape index (κ3) is 5.06. The van der Waals surface area contributed by atoms with Gasteiger partial charge in [-0.05, 0) is 30.3 Å². The Balaban J connectivity index is 1.55. The topological polar surface area (TPSA) is 85.7 Å². The lowest BCUT2D eigenvalue weighted by molar-refractivity contribution is -0.146. The van der Waals surface area contributed by atoms with Crippen molar-refractivity contribution in [1.82, 2.24) is 9.55 Å². The Morgan fingerprint density at radius 1 is 1.06 bits per heavy atom. The van der Waals surface area contributed by atoms with Crippen LogP contribution in [0.5, 0.6) is 0 Å². The van der Waals surface area contributed by atoms with E-state index in [1.165, 1.54) is 16.8 Å². The van der Waals surface area contributed by atoms with E-state index in [2.05, 4.69) is 4.98 Å². The first-order valence-electron chi connectivity index (χ1n) is 10.4. The molecule has 7 nitrogen and oxygen atoms in total. The Labute approximate surface area is 191 Å². The molecule has 4 atom stereocenters. The largest absolute Gasteiger partial charge is 0.386 e. The number of aromatic amines is 1.